The van der Waals surface area contributed by atoms with Crippen LogP contribution in [0.3, 0.4) is 0 Å². The normalized spacial score (nSPS) is 11.8. The van der Waals surface area contributed by atoms with E-state index < -0.39 is 0 Å². The quantitative estimate of drug-likeness (QED) is 0.750. The van der Waals surface area contributed by atoms with E-state index in [1.165, 1.54) is 0 Å². The smallest absolute Gasteiger partial charge is 0.338 e. The fraction of sp³-hybridized carbons (Fsp3) is 0.467. The van der Waals surface area contributed by atoms with E-state index in [1.807, 2.05) is 6.92 Å². The number of nitrogens with one attached hydrogen (secondary N) is 1. The third-order valence-corrected chi connectivity index (χ3v) is 2.79. The van der Waals surface area contributed by atoms with Crippen LogP contribution in [0, 0.1) is 0 Å². The summed E-state index contributed by atoms with van der Waals surface area (Å²) in [6.45, 7) is 4.13. The molecule has 0 aliphatic heterocycles. The van der Waals surface area contributed by atoms with Gasteiger partial charge in [-0.05, 0) is 37.6 Å². The topological polar surface area (TPSA) is 81.4 Å². The lowest BCUT2D eigenvalue weighted by Gasteiger charge is -2.10. The first kappa shape index (κ1) is 16.2. The molecular weight excluding hydrogens is 256 g/mol. The molecule has 0 aliphatic carbocycles. The third-order valence-electron chi connectivity index (χ3n) is 2.79. The van der Waals surface area contributed by atoms with Crippen LogP contribution >= 0.6 is 0 Å². The van der Waals surface area contributed by atoms with E-state index in [2.05, 4.69) is 5.32 Å². The number of carbonyl (C=O) groups is 2. The van der Waals surface area contributed by atoms with Gasteiger partial charge in [-0.25, -0.2) is 4.79 Å². The van der Waals surface area contributed by atoms with Gasteiger partial charge in [0.25, 0.3) is 0 Å². The Balaban J connectivity index is 2.52. The van der Waals surface area contributed by atoms with E-state index in [1.54, 1.807) is 31.2 Å². The van der Waals surface area contributed by atoms with Gasteiger partial charge < -0.3 is 15.8 Å². The van der Waals surface area contributed by atoms with Crippen LogP contribution in [0.4, 0.5) is 5.69 Å². The van der Waals surface area contributed by atoms with Crippen molar-refractivity contribution >= 4 is 17.6 Å². The van der Waals surface area contributed by atoms with E-state index in [0.29, 0.717) is 24.3 Å². The molecule has 1 aromatic rings. The van der Waals surface area contributed by atoms with Crippen LogP contribution < -0.4 is 11.1 Å². The van der Waals surface area contributed by atoms with Crippen LogP contribution in [-0.2, 0) is 9.53 Å². The summed E-state index contributed by atoms with van der Waals surface area (Å²) in [6.07, 6.45) is 2.09. The second-order valence-electron chi connectivity index (χ2n) is 4.60. The van der Waals surface area contributed by atoms with Crippen molar-refractivity contribution in [3.63, 3.8) is 0 Å². The Hall–Kier alpha value is -1.88. The molecular formula is C15H22N2O3. The van der Waals surface area contributed by atoms with Gasteiger partial charge in [0, 0.05) is 18.2 Å². The van der Waals surface area contributed by atoms with Crippen molar-refractivity contribution in [1.29, 1.82) is 0 Å². The largest absolute Gasteiger partial charge is 0.462 e. The molecule has 0 aromatic heterocycles. The molecule has 1 amide bonds. The number of amides is 1. The molecule has 0 spiro atoms. The maximum atomic E-state index is 11.7. The summed E-state index contributed by atoms with van der Waals surface area (Å²) in [7, 11) is 0. The number of nitrogens with two attached hydrogens (primary N) is 1. The van der Waals surface area contributed by atoms with Crippen molar-refractivity contribution in [3.05, 3.63) is 29.8 Å². The molecule has 0 bridgehead atoms. The van der Waals surface area contributed by atoms with Crippen molar-refractivity contribution in [2.24, 2.45) is 5.73 Å². The molecule has 5 heteroatoms. The van der Waals surface area contributed by atoms with E-state index in [-0.39, 0.29) is 17.9 Å². The van der Waals surface area contributed by atoms with Gasteiger partial charge in [-0.3, -0.25) is 4.79 Å². The van der Waals surface area contributed by atoms with Crippen LogP contribution in [0.1, 0.15) is 43.5 Å². The highest BCUT2D eigenvalue weighted by molar-refractivity contribution is 5.93. The lowest BCUT2D eigenvalue weighted by Crippen LogP contribution is -2.26. The SMILES string of the molecule is CCCC(N)CC(=O)Nc1ccc(C(=O)OCC)cc1. The second kappa shape index (κ2) is 8.32. The van der Waals surface area contributed by atoms with Crippen LogP contribution in [0.2, 0.25) is 0 Å². The molecule has 1 unspecified atom stereocenters. The predicted octanol–water partition coefficient (Wildman–Crippen LogP) is 2.32. The first-order chi connectivity index (χ1) is 9.56. The maximum absolute atomic E-state index is 11.7. The van der Waals surface area contributed by atoms with Crippen molar-refractivity contribution < 1.29 is 14.3 Å². The molecule has 20 heavy (non-hydrogen) atoms. The molecule has 3 N–H and O–H groups in total. The van der Waals surface area contributed by atoms with Gasteiger partial charge in [-0.1, -0.05) is 13.3 Å². The van der Waals surface area contributed by atoms with Gasteiger partial charge in [-0.15, -0.1) is 0 Å². The predicted molar refractivity (Wildman–Crippen MR) is 78.5 cm³/mol. The zero-order chi connectivity index (χ0) is 15.0. The Morgan fingerprint density at radius 3 is 2.45 bits per heavy atom. The third kappa shape index (κ3) is 5.40. The number of hydrogen-bond donors (Lipinski definition) is 2. The number of carbonyl (C=O) groups excluding carboxylic acids is 2. The Kier molecular flexibility index (Phi) is 6.73. The molecule has 0 saturated carbocycles. The molecule has 1 aromatic carbocycles. The van der Waals surface area contributed by atoms with Gasteiger partial charge in [0.15, 0.2) is 0 Å². The van der Waals surface area contributed by atoms with E-state index in [4.69, 9.17) is 10.5 Å². The summed E-state index contributed by atoms with van der Waals surface area (Å²) in [6, 6.07) is 6.49. The van der Waals surface area contributed by atoms with E-state index in [0.717, 1.165) is 12.8 Å². The zero-order valence-corrected chi connectivity index (χ0v) is 12.0. The van der Waals surface area contributed by atoms with E-state index >= 15 is 0 Å². The molecule has 0 radical (unpaired) electrons. The number of anilines is 1. The summed E-state index contributed by atoms with van der Waals surface area (Å²) in [4.78, 5) is 23.2. The molecule has 1 atom stereocenters. The lowest BCUT2D eigenvalue weighted by molar-refractivity contribution is -0.116. The first-order valence-electron chi connectivity index (χ1n) is 6.89. The molecule has 1 rings (SSSR count). The van der Waals surface area contributed by atoms with Crippen LogP contribution in [0.15, 0.2) is 24.3 Å². The number of benzene rings is 1. The number of esters is 1. The van der Waals surface area contributed by atoms with Gasteiger partial charge in [0.2, 0.25) is 5.91 Å². The van der Waals surface area contributed by atoms with Crippen LogP contribution in [0.25, 0.3) is 0 Å². The molecule has 0 aliphatic rings. The highest BCUT2D eigenvalue weighted by Crippen LogP contribution is 2.11. The zero-order valence-electron chi connectivity index (χ0n) is 12.0. The van der Waals surface area contributed by atoms with Crippen LogP contribution in [0.5, 0.6) is 0 Å². The second-order valence-corrected chi connectivity index (χ2v) is 4.60. The summed E-state index contributed by atoms with van der Waals surface area (Å²) in [5.41, 5.74) is 6.92. The molecule has 0 heterocycles. The first-order valence-corrected chi connectivity index (χ1v) is 6.89. The molecule has 0 fully saturated rings. The van der Waals surface area contributed by atoms with Crippen molar-refractivity contribution in [2.45, 2.75) is 39.2 Å². The molecule has 5 nitrogen and oxygen atoms in total. The molecule has 0 saturated heterocycles. The maximum Gasteiger partial charge on any atom is 0.338 e. The number of hydrogen-bond acceptors (Lipinski definition) is 4. The summed E-state index contributed by atoms with van der Waals surface area (Å²) in [5.74, 6) is -0.481. The summed E-state index contributed by atoms with van der Waals surface area (Å²) in [5, 5.41) is 2.76. The minimum Gasteiger partial charge on any atom is -0.462 e. The fourth-order valence-corrected chi connectivity index (χ4v) is 1.83. The minimum atomic E-state index is -0.365. The standard InChI is InChI=1S/C15H22N2O3/c1-3-5-12(16)10-14(18)17-13-8-6-11(7-9-13)15(19)20-4-2/h6-9,12H,3-5,10,16H2,1-2H3,(H,17,18). The minimum absolute atomic E-state index is 0.112. The van der Waals surface area contributed by atoms with Crippen LogP contribution in [-0.4, -0.2) is 24.5 Å². The number of ether oxygens (including phenoxy) is 1. The van der Waals surface area contributed by atoms with E-state index in [9.17, 15) is 9.59 Å². The highest BCUT2D eigenvalue weighted by atomic mass is 16.5. The average Bonchev–Trinajstić information content (AvgIpc) is 2.39. The average molecular weight is 278 g/mol. The highest BCUT2D eigenvalue weighted by Gasteiger charge is 2.10. The Morgan fingerprint density at radius 1 is 1.25 bits per heavy atom. The Bertz CT molecular complexity index is 443. The van der Waals surface area contributed by atoms with Gasteiger partial charge in [-0.2, -0.15) is 0 Å². The monoisotopic (exact) mass is 278 g/mol. The Morgan fingerprint density at radius 2 is 1.90 bits per heavy atom. The lowest BCUT2D eigenvalue weighted by atomic mass is 10.1. The van der Waals surface area contributed by atoms with Crippen molar-refractivity contribution in [1.82, 2.24) is 0 Å². The van der Waals surface area contributed by atoms with Gasteiger partial charge in [0.1, 0.15) is 0 Å². The van der Waals surface area contributed by atoms with Gasteiger partial charge in [0.05, 0.1) is 12.2 Å². The number of rotatable bonds is 7. The van der Waals surface area contributed by atoms with Crippen molar-refractivity contribution in [2.75, 3.05) is 11.9 Å². The van der Waals surface area contributed by atoms with Crippen molar-refractivity contribution in [3.8, 4) is 0 Å². The van der Waals surface area contributed by atoms with Gasteiger partial charge >= 0.3 is 5.97 Å². The summed E-state index contributed by atoms with van der Waals surface area (Å²) >= 11 is 0. The Labute approximate surface area is 119 Å². The summed E-state index contributed by atoms with van der Waals surface area (Å²) < 4.78 is 4.89. The fourth-order valence-electron chi connectivity index (χ4n) is 1.83. The molecule has 110 valence electrons.